The average Bonchev–Trinajstić information content (AvgIpc) is 3.15. The minimum absolute atomic E-state index is 0.0437. The molecular weight excluding hydrogens is 552 g/mol. The standard InChI is InChI=1S/C30H31ClN2O4S2/c1-2-36-25-12-18(7-8-24(25)37-17-22-5-3-4-6-23(22)31)13-26-27(34)33(29(38)39-26)32-28(35)30-14-19-9-20(15-30)11-21(10-19)16-30/h3-8,12-13,19-21H,2,9-11,14-17H2,1H3,(H,32,35)/b26-13+. The summed E-state index contributed by atoms with van der Waals surface area (Å²) in [6.07, 6.45) is 8.33. The van der Waals surface area contributed by atoms with E-state index in [4.69, 9.17) is 33.3 Å². The largest absolute Gasteiger partial charge is 0.490 e. The number of carbonyl (C=O) groups is 2. The van der Waals surface area contributed by atoms with Crippen molar-refractivity contribution < 1.29 is 19.1 Å². The summed E-state index contributed by atoms with van der Waals surface area (Å²) >= 11 is 13.0. The first-order valence-electron chi connectivity index (χ1n) is 13.6. The van der Waals surface area contributed by atoms with E-state index in [-0.39, 0.29) is 17.2 Å². The zero-order valence-corrected chi connectivity index (χ0v) is 24.2. The maximum absolute atomic E-state index is 13.5. The van der Waals surface area contributed by atoms with Crippen LogP contribution in [0.3, 0.4) is 0 Å². The average molecular weight is 583 g/mol. The number of thioether (sulfide) groups is 1. The Hall–Kier alpha value is -2.55. The van der Waals surface area contributed by atoms with Gasteiger partial charge in [0, 0.05) is 10.6 Å². The molecule has 2 aromatic rings. The first-order valence-corrected chi connectivity index (χ1v) is 15.2. The van der Waals surface area contributed by atoms with Crippen LogP contribution < -0.4 is 14.9 Å². The third-order valence-corrected chi connectivity index (χ3v) is 10.1. The van der Waals surface area contributed by atoms with Crippen LogP contribution in [-0.4, -0.2) is 27.8 Å². The predicted octanol–water partition coefficient (Wildman–Crippen LogP) is 6.77. The van der Waals surface area contributed by atoms with Crippen molar-refractivity contribution in [2.24, 2.45) is 23.2 Å². The van der Waals surface area contributed by atoms with Crippen LogP contribution in [0.1, 0.15) is 56.6 Å². The summed E-state index contributed by atoms with van der Waals surface area (Å²) in [6, 6.07) is 13.1. The van der Waals surface area contributed by atoms with E-state index < -0.39 is 0 Å². The SMILES string of the molecule is CCOc1cc(/C=C2/SC(=S)N(NC(=O)C34CC5CC(CC(C5)C3)C4)C2=O)ccc1OCc1ccccc1Cl. The minimum atomic E-state index is -0.353. The van der Waals surface area contributed by atoms with Crippen molar-refractivity contribution >= 4 is 57.8 Å². The van der Waals surface area contributed by atoms with E-state index in [9.17, 15) is 9.59 Å². The van der Waals surface area contributed by atoms with Gasteiger partial charge in [-0.3, -0.25) is 15.0 Å². The summed E-state index contributed by atoms with van der Waals surface area (Å²) in [5.41, 5.74) is 4.22. The quantitative estimate of drug-likeness (QED) is 0.274. The molecule has 0 spiro atoms. The Morgan fingerprint density at radius 3 is 2.46 bits per heavy atom. The first-order chi connectivity index (χ1) is 18.8. The number of halogens is 1. The second-order valence-corrected chi connectivity index (χ2v) is 13.3. The summed E-state index contributed by atoms with van der Waals surface area (Å²) in [7, 11) is 0. The number of benzene rings is 2. The third kappa shape index (κ3) is 5.31. The van der Waals surface area contributed by atoms with Gasteiger partial charge in [-0.15, -0.1) is 0 Å². The smallest absolute Gasteiger partial charge is 0.285 e. The number of nitrogens with one attached hydrogen (secondary N) is 1. The van der Waals surface area contributed by atoms with E-state index in [0.717, 1.165) is 30.4 Å². The molecule has 2 amide bonds. The second-order valence-electron chi connectivity index (χ2n) is 11.2. The van der Waals surface area contributed by atoms with Crippen molar-refractivity contribution in [2.75, 3.05) is 6.61 Å². The molecule has 1 N–H and O–H groups in total. The van der Waals surface area contributed by atoms with E-state index in [1.807, 2.05) is 49.4 Å². The van der Waals surface area contributed by atoms with Gasteiger partial charge in [-0.25, -0.2) is 0 Å². The fourth-order valence-corrected chi connectivity index (χ4v) is 8.47. The number of hydrogen-bond acceptors (Lipinski definition) is 6. The van der Waals surface area contributed by atoms with E-state index in [1.165, 1.54) is 36.0 Å². The number of nitrogens with zero attached hydrogens (tertiary/aromatic N) is 1. The van der Waals surface area contributed by atoms with Crippen molar-refractivity contribution in [1.82, 2.24) is 10.4 Å². The van der Waals surface area contributed by atoms with Crippen LogP contribution in [0.5, 0.6) is 11.5 Å². The Kier molecular flexibility index (Phi) is 7.37. The summed E-state index contributed by atoms with van der Waals surface area (Å²) in [6.45, 7) is 2.67. The van der Waals surface area contributed by atoms with Gasteiger partial charge in [0.1, 0.15) is 6.61 Å². The Balaban J connectivity index is 1.16. The summed E-state index contributed by atoms with van der Waals surface area (Å²) in [5, 5.41) is 1.90. The second kappa shape index (κ2) is 10.8. The predicted molar refractivity (Wildman–Crippen MR) is 157 cm³/mol. The van der Waals surface area contributed by atoms with Gasteiger partial charge in [-0.1, -0.05) is 47.6 Å². The van der Waals surface area contributed by atoms with Crippen molar-refractivity contribution in [3.05, 3.63) is 63.5 Å². The van der Waals surface area contributed by atoms with Crippen LogP contribution in [0.25, 0.3) is 6.08 Å². The van der Waals surface area contributed by atoms with Crippen LogP contribution in [0, 0.1) is 23.2 Å². The van der Waals surface area contributed by atoms with Gasteiger partial charge in [0.05, 0.1) is 16.9 Å². The monoisotopic (exact) mass is 582 g/mol. The zero-order chi connectivity index (χ0) is 27.1. The lowest BCUT2D eigenvalue weighted by Crippen LogP contribution is -2.57. The highest BCUT2D eigenvalue weighted by Crippen LogP contribution is 2.60. The minimum Gasteiger partial charge on any atom is -0.490 e. The van der Waals surface area contributed by atoms with Gasteiger partial charge < -0.3 is 9.47 Å². The van der Waals surface area contributed by atoms with Crippen molar-refractivity contribution in [3.8, 4) is 11.5 Å². The van der Waals surface area contributed by atoms with E-state index >= 15 is 0 Å². The fourth-order valence-electron chi connectivity index (χ4n) is 7.10. The molecule has 4 aliphatic carbocycles. The van der Waals surface area contributed by atoms with Crippen molar-refractivity contribution in [3.63, 3.8) is 0 Å². The molecule has 0 aromatic heterocycles. The van der Waals surface area contributed by atoms with Gasteiger partial charge in [0.15, 0.2) is 15.8 Å². The van der Waals surface area contributed by atoms with Gasteiger partial charge in [0.2, 0.25) is 5.91 Å². The molecular formula is C30H31ClN2O4S2. The van der Waals surface area contributed by atoms with Crippen molar-refractivity contribution in [1.29, 1.82) is 0 Å². The molecule has 5 fully saturated rings. The number of amides is 2. The number of hydrogen-bond donors (Lipinski definition) is 1. The molecule has 39 heavy (non-hydrogen) atoms. The molecule has 1 aliphatic heterocycles. The van der Waals surface area contributed by atoms with Gasteiger partial charge in [-0.2, -0.15) is 5.01 Å². The number of carbonyl (C=O) groups excluding carboxylic acids is 2. The third-order valence-electron chi connectivity index (χ3n) is 8.43. The van der Waals surface area contributed by atoms with Crippen LogP contribution in [-0.2, 0) is 16.2 Å². The Labute approximate surface area is 243 Å². The van der Waals surface area contributed by atoms with Gasteiger partial charge in [-0.05, 0) is 105 Å². The molecule has 5 aliphatic rings. The van der Waals surface area contributed by atoms with Gasteiger partial charge in [0.25, 0.3) is 5.91 Å². The summed E-state index contributed by atoms with van der Waals surface area (Å²) < 4.78 is 12.2. The molecule has 0 atom stereocenters. The lowest BCUT2D eigenvalue weighted by Gasteiger charge is -2.55. The van der Waals surface area contributed by atoms with E-state index in [0.29, 0.717) is 56.7 Å². The highest BCUT2D eigenvalue weighted by atomic mass is 35.5. The molecule has 204 valence electrons. The van der Waals surface area contributed by atoms with Crippen LogP contribution >= 0.6 is 35.6 Å². The fraction of sp³-hybridized carbons (Fsp3) is 0.433. The Morgan fingerprint density at radius 2 is 1.79 bits per heavy atom. The molecule has 0 unspecified atom stereocenters. The number of ether oxygens (including phenoxy) is 2. The number of thiocarbonyl (C=S) groups is 1. The first kappa shape index (κ1) is 26.7. The maximum Gasteiger partial charge on any atom is 0.285 e. The molecule has 1 saturated heterocycles. The highest BCUT2D eigenvalue weighted by Gasteiger charge is 2.55. The molecule has 0 radical (unpaired) electrons. The maximum atomic E-state index is 13.5. The normalized spacial score (nSPS) is 28.3. The Morgan fingerprint density at radius 1 is 1.10 bits per heavy atom. The molecule has 2 aromatic carbocycles. The molecule has 7 rings (SSSR count). The molecule has 4 bridgehead atoms. The molecule has 1 heterocycles. The highest BCUT2D eigenvalue weighted by molar-refractivity contribution is 8.26. The summed E-state index contributed by atoms with van der Waals surface area (Å²) in [4.78, 5) is 27.3. The van der Waals surface area contributed by atoms with E-state index in [1.54, 1.807) is 6.08 Å². The van der Waals surface area contributed by atoms with Crippen molar-refractivity contribution in [2.45, 2.75) is 52.1 Å². The lowest BCUT2D eigenvalue weighted by atomic mass is 9.49. The van der Waals surface area contributed by atoms with Crippen LogP contribution in [0.4, 0.5) is 0 Å². The van der Waals surface area contributed by atoms with Gasteiger partial charge >= 0.3 is 0 Å². The zero-order valence-electron chi connectivity index (χ0n) is 21.8. The summed E-state index contributed by atoms with van der Waals surface area (Å²) in [5.74, 6) is 2.74. The Bertz CT molecular complexity index is 1320. The van der Waals surface area contributed by atoms with Crippen LogP contribution in [0.2, 0.25) is 5.02 Å². The molecule has 6 nitrogen and oxygen atoms in total. The topological polar surface area (TPSA) is 67.9 Å². The van der Waals surface area contributed by atoms with Crippen LogP contribution in [0.15, 0.2) is 47.4 Å². The number of rotatable bonds is 8. The lowest BCUT2D eigenvalue weighted by molar-refractivity contribution is -0.152. The van der Waals surface area contributed by atoms with E-state index in [2.05, 4.69) is 5.43 Å². The number of hydrazine groups is 1. The molecule has 9 heteroatoms. The molecule has 4 saturated carbocycles.